The first-order valence-electron chi connectivity index (χ1n) is 8.82. The number of anilines is 1. The summed E-state index contributed by atoms with van der Waals surface area (Å²) < 4.78 is 5.30. The van der Waals surface area contributed by atoms with Crippen LogP contribution in [0.1, 0.15) is 15.9 Å². The Labute approximate surface area is 193 Å². The highest BCUT2D eigenvalue weighted by atomic mass is 35.5. The van der Waals surface area contributed by atoms with E-state index in [1.165, 1.54) is 12.1 Å². The minimum atomic E-state index is -0.658. The van der Waals surface area contributed by atoms with Gasteiger partial charge in [-0.05, 0) is 54.1 Å². The number of nitrogens with one attached hydrogen (secondary N) is 1. The SMILES string of the molecule is N#C/C(=C\c1ccc(OC(=O)c2cccc(Cl)c2)cc1)C(=O)Nc1c(Cl)cccc1Cl. The van der Waals surface area contributed by atoms with E-state index in [9.17, 15) is 14.9 Å². The molecule has 0 unspecified atom stereocenters. The molecule has 1 N–H and O–H groups in total. The van der Waals surface area contributed by atoms with Gasteiger partial charge in [0, 0.05) is 5.02 Å². The van der Waals surface area contributed by atoms with E-state index in [1.807, 2.05) is 6.07 Å². The molecule has 8 heteroatoms. The maximum absolute atomic E-state index is 12.4. The molecule has 0 heterocycles. The molecule has 0 saturated carbocycles. The van der Waals surface area contributed by atoms with E-state index in [0.717, 1.165) is 0 Å². The molecule has 0 aliphatic carbocycles. The largest absolute Gasteiger partial charge is 0.423 e. The quantitative estimate of drug-likeness (QED) is 0.202. The lowest BCUT2D eigenvalue weighted by Crippen LogP contribution is -2.14. The standard InChI is InChI=1S/C23H13Cl3N2O3/c24-17-4-1-3-15(12-17)23(30)31-18-9-7-14(8-10-18)11-16(13-27)22(29)28-21-19(25)5-2-6-20(21)26/h1-12H,(H,28,29)/b16-11+. The average Bonchev–Trinajstić information content (AvgIpc) is 2.75. The van der Waals surface area contributed by atoms with Crippen molar-refractivity contribution >= 4 is 58.4 Å². The van der Waals surface area contributed by atoms with Crippen molar-refractivity contribution in [2.75, 3.05) is 5.32 Å². The summed E-state index contributed by atoms with van der Waals surface area (Å²) in [6, 6.07) is 19.3. The van der Waals surface area contributed by atoms with Crippen LogP contribution in [0.3, 0.4) is 0 Å². The van der Waals surface area contributed by atoms with Gasteiger partial charge in [-0.1, -0.05) is 59.1 Å². The lowest BCUT2D eigenvalue weighted by Gasteiger charge is -2.08. The minimum Gasteiger partial charge on any atom is -0.423 e. The fourth-order valence-corrected chi connectivity index (χ4v) is 3.21. The predicted octanol–water partition coefficient (Wildman–Crippen LogP) is 6.41. The Morgan fingerprint density at radius 1 is 0.935 bits per heavy atom. The van der Waals surface area contributed by atoms with Crippen LogP contribution in [-0.2, 0) is 4.79 Å². The third-order valence-corrected chi connectivity index (χ3v) is 4.89. The van der Waals surface area contributed by atoms with Crippen molar-refractivity contribution < 1.29 is 14.3 Å². The Balaban J connectivity index is 1.72. The number of amides is 1. The summed E-state index contributed by atoms with van der Waals surface area (Å²) in [4.78, 5) is 24.6. The van der Waals surface area contributed by atoms with Crippen LogP contribution >= 0.6 is 34.8 Å². The van der Waals surface area contributed by atoms with Gasteiger partial charge in [-0.15, -0.1) is 0 Å². The molecule has 0 spiro atoms. The van der Waals surface area contributed by atoms with Crippen LogP contribution in [0, 0.1) is 11.3 Å². The van der Waals surface area contributed by atoms with E-state index in [0.29, 0.717) is 21.9 Å². The van der Waals surface area contributed by atoms with Crippen molar-refractivity contribution in [1.29, 1.82) is 5.26 Å². The topological polar surface area (TPSA) is 79.2 Å². The summed E-state index contributed by atoms with van der Waals surface area (Å²) >= 11 is 18.0. The zero-order chi connectivity index (χ0) is 22.4. The van der Waals surface area contributed by atoms with Crippen LogP contribution in [0.2, 0.25) is 15.1 Å². The van der Waals surface area contributed by atoms with Gasteiger partial charge in [0.1, 0.15) is 17.4 Å². The molecule has 0 fully saturated rings. The van der Waals surface area contributed by atoms with Crippen molar-refractivity contribution in [1.82, 2.24) is 0 Å². The van der Waals surface area contributed by atoms with Crippen molar-refractivity contribution in [3.05, 3.63) is 98.5 Å². The molecule has 0 atom stereocenters. The normalized spacial score (nSPS) is 10.8. The van der Waals surface area contributed by atoms with Gasteiger partial charge in [0.05, 0.1) is 21.3 Å². The van der Waals surface area contributed by atoms with Crippen molar-refractivity contribution in [3.63, 3.8) is 0 Å². The molecule has 5 nitrogen and oxygen atoms in total. The Hall–Kier alpha value is -3.30. The van der Waals surface area contributed by atoms with Gasteiger partial charge in [-0.2, -0.15) is 5.26 Å². The third-order valence-electron chi connectivity index (χ3n) is 4.03. The van der Waals surface area contributed by atoms with E-state index in [1.54, 1.807) is 60.7 Å². The predicted molar refractivity (Wildman–Crippen MR) is 122 cm³/mol. The number of carbonyl (C=O) groups is 2. The van der Waals surface area contributed by atoms with E-state index < -0.39 is 11.9 Å². The highest BCUT2D eigenvalue weighted by molar-refractivity contribution is 6.40. The van der Waals surface area contributed by atoms with Crippen LogP contribution < -0.4 is 10.1 Å². The zero-order valence-corrected chi connectivity index (χ0v) is 18.0. The summed E-state index contributed by atoms with van der Waals surface area (Å²) in [5, 5.41) is 12.8. The number of nitriles is 1. The van der Waals surface area contributed by atoms with Gasteiger partial charge in [-0.3, -0.25) is 4.79 Å². The highest BCUT2D eigenvalue weighted by Gasteiger charge is 2.14. The molecule has 0 aromatic heterocycles. The summed E-state index contributed by atoms with van der Waals surface area (Å²) in [7, 11) is 0. The number of halogens is 3. The minimum absolute atomic E-state index is 0.153. The van der Waals surface area contributed by atoms with Crippen LogP contribution in [0.15, 0.2) is 72.3 Å². The average molecular weight is 472 g/mol. The molecule has 3 aromatic carbocycles. The molecule has 154 valence electrons. The van der Waals surface area contributed by atoms with E-state index in [4.69, 9.17) is 39.5 Å². The maximum atomic E-state index is 12.4. The first-order chi connectivity index (χ1) is 14.9. The molecular formula is C23H13Cl3N2O3. The van der Waals surface area contributed by atoms with E-state index in [2.05, 4.69) is 5.32 Å². The third kappa shape index (κ3) is 5.87. The number of nitrogens with zero attached hydrogens (tertiary/aromatic N) is 1. The molecule has 0 saturated heterocycles. The lowest BCUT2D eigenvalue weighted by atomic mass is 10.1. The van der Waals surface area contributed by atoms with Gasteiger partial charge < -0.3 is 10.1 Å². The number of hydrogen-bond donors (Lipinski definition) is 1. The Morgan fingerprint density at radius 3 is 2.19 bits per heavy atom. The van der Waals surface area contributed by atoms with Crippen LogP contribution in [0.25, 0.3) is 6.08 Å². The number of esters is 1. The second-order valence-corrected chi connectivity index (χ2v) is 7.44. The van der Waals surface area contributed by atoms with E-state index in [-0.39, 0.29) is 21.3 Å². The highest BCUT2D eigenvalue weighted by Crippen LogP contribution is 2.30. The van der Waals surface area contributed by atoms with Gasteiger partial charge in [0.15, 0.2) is 0 Å². The van der Waals surface area contributed by atoms with Crippen molar-refractivity contribution in [3.8, 4) is 11.8 Å². The van der Waals surface area contributed by atoms with E-state index >= 15 is 0 Å². The van der Waals surface area contributed by atoms with Crippen molar-refractivity contribution in [2.24, 2.45) is 0 Å². The number of para-hydroxylation sites is 1. The number of carbonyl (C=O) groups excluding carboxylic acids is 2. The summed E-state index contributed by atoms with van der Waals surface area (Å²) in [6.45, 7) is 0. The molecule has 3 aromatic rings. The summed E-state index contributed by atoms with van der Waals surface area (Å²) in [5.41, 5.74) is 0.942. The Kier molecular flexibility index (Phi) is 7.32. The molecular weight excluding hydrogens is 459 g/mol. The molecule has 0 aliphatic heterocycles. The molecule has 1 amide bonds. The Morgan fingerprint density at radius 2 is 1.58 bits per heavy atom. The van der Waals surface area contributed by atoms with Gasteiger partial charge >= 0.3 is 5.97 Å². The lowest BCUT2D eigenvalue weighted by molar-refractivity contribution is -0.112. The smallest absolute Gasteiger partial charge is 0.343 e. The number of rotatable bonds is 5. The fourth-order valence-electron chi connectivity index (χ4n) is 2.53. The second kappa shape index (κ2) is 10.1. The second-order valence-electron chi connectivity index (χ2n) is 6.19. The molecule has 0 bridgehead atoms. The Bertz CT molecular complexity index is 1200. The maximum Gasteiger partial charge on any atom is 0.343 e. The first kappa shape index (κ1) is 22.4. The van der Waals surface area contributed by atoms with Crippen molar-refractivity contribution in [2.45, 2.75) is 0 Å². The molecule has 0 aliphatic rings. The van der Waals surface area contributed by atoms with Crippen LogP contribution in [0.4, 0.5) is 5.69 Å². The summed E-state index contributed by atoms with van der Waals surface area (Å²) in [6.07, 6.45) is 1.39. The monoisotopic (exact) mass is 470 g/mol. The number of hydrogen-bond acceptors (Lipinski definition) is 4. The number of benzene rings is 3. The van der Waals surface area contributed by atoms with Gasteiger partial charge in [-0.25, -0.2) is 4.79 Å². The molecule has 0 radical (unpaired) electrons. The van der Waals surface area contributed by atoms with Crippen LogP contribution in [0.5, 0.6) is 5.75 Å². The molecule has 3 rings (SSSR count). The van der Waals surface area contributed by atoms with Gasteiger partial charge in [0.25, 0.3) is 5.91 Å². The fraction of sp³-hybridized carbons (Fsp3) is 0. The van der Waals surface area contributed by atoms with Crippen LogP contribution in [-0.4, -0.2) is 11.9 Å². The van der Waals surface area contributed by atoms with Gasteiger partial charge in [0.2, 0.25) is 0 Å². The summed E-state index contributed by atoms with van der Waals surface area (Å²) in [5.74, 6) is -0.915. The zero-order valence-electron chi connectivity index (χ0n) is 15.7. The first-order valence-corrected chi connectivity index (χ1v) is 9.96. The molecule has 31 heavy (non-hydrogen) atoms. The number of ether oxygens (including phenoxy) is 1.